The number of nitrogens with zero attached hydrogens (tertiary/aromatic N) is 1. The van der Waals surface area contributed by atoms with Gasteiger partial charge in [-0.3, -0.25) is 4.79 Å². The van der Waals surface area contributed by atoms with E-state index in [1.165, 1.54) is 18.3 Å². The van der Waals surface area contributed by atoms with E-state index < -0.39 is 17.5 Å². The molecule has 3 aromatic rings. The average molecular weight is 408 g/mol. The molecule has 0 saturated heterocycles. The summed E-state index contributed by atoms with van der Waals surface area (Å²) in [5, 5.41) is 12.2. The molecule has 0 saturated carbocycles. The minimum absolute atomic E-state index is 0.00791. The van der Waals surface area contributed by atoms with Crippen molar-refractivity contribution in [1.29, 1.82) is 0 Å². The summed E-state index contributed by atoms with van der Waals surface area (Å²) in [6, 6.07) is 17.8. The number of para-hydroxylation sites is 3. The Kier molecular flexibility index (Phi) is 5.45. The minimum Gasteiger partial charge on any atom is -0.448 e. The fourth-order valence-corrected chi connectivity index (χ4v) is 3.19. The van der Waals surface area contributed by atoms with Crippen LogP contribution in [0.15, 0.2) is 78.7 Å². The molecule has 3 aromatic carbocycles. The van der Waals surface area contributed by atoms with Crippen LogP contribution in [0.1, 0.15) is 11.1 Å². The lowest BCUT2D eigenvalue weighted by Gasteiger charge is -2.29. The number of halogens is 2. The highest BCUT2D eigenvalue weighted by atomic mass is 19.2. The van der Waals surface area contributed by atoms with Crippen LogP contribution in [0.2, 0.25) is 0 Å². The van der Waals surface area contributed by atoms with Crippen molar-refractivity contribution in [2.45, 2.75) is 13.2 Å². The SMILES string of the molecule is O=C(Nc1ccccc1CO)C1=CN(Cc2cccc(F)c2F)c2ccccc2O1. The van der Waals surface area contributed by atoms with Crippen molar-refractivity contribution in [3.63, 3.8) is 0 Å². The zero-order valence-corrected chi connectivity index (χ0v) is 15.8. The average Bonchev–Trinajstić information content (AvgIpc) is 2.77. The van der Waals surface area contributed by atoms with Crippen molar-refractivity contribution < 1.29 is 23.4 Å². The number of aliphatic hydroxyl groups excluding tert-OH is 1. The predicted molar refractivity (Wildman–Crippen MR) is 109 cm³/mol. The van der Waals surface area contributed by atoms with E-state index in [2.05, 4.69) is 5.32 Å². The number of hydrogen-bond acceptors (Lipinski definition) is 4. The maximum atomic E-state index is 14.2. The highest BCUT2D eigenvalue weighted by Crippen LogP contribution is 2.35. The van der Waals surface area contributed by atoms with Gasteiger partial charge in [-0.1, -0.05) is 42.5 Å². The van der Waals surface area contributed by atoms with Gasteiger partial charge in [-0.2, -0.15) is 0 Å². The first-order chi connectivity index (χ1) is 14.6. The number of carbonyl (C=O) groups excluding carboxylic acids is 1. The van der Waals surface area contributed by atoms with Crippen LogP contribution in [0.25, 0.3) is 0 Å². The monoisotopic (exact) mass is 408 g/mol. The van der Waals surface area contributed by atoms with Crippen LogP contribution in [0.5, 0.6) is 5.75 Å². The second-order valence-corrected chi connectivity index (χ2v) is 6.67. The number of ether oxygens (including phenoxy) is 1. The Morgan fingerprint density at radius 2 is 1.70 bits per heavy atom. The van der Waals surface area contributed by atoms with E-state index in [1.807, 2.05) is 0 Å². The van der Waals surface area contributed by atoms with Gasteiger partial charge in [0, 0.05) is 16.8 Å². The van der Waals surface area contributed by atoms with Crippen molar-refractivity contribution in [2.24, 2.45) is 0 Å². The molecule has 0 fully saturated rings. The molecular weight excluding hydrogens is 390 g/mol. The smallest absolute Gasteiger partial charge is 0.292 e. The summed E-state index contributed by atoms with van der Waals surface area (Å²) >= 11 is 0. The number of amides is 1. The second kappa shape index (κ2) is 8.34. The molecule has 0 aromatic heterocycles. The summed E-state index contributed by atoms with van der Waals surface area (Å²) in [4.78, 5) is 14.4. The molecule has 7 heteroatoms. The molecule has 30 heavy (non-hydrogen) atoms. The van der Waals surface area contributed by atoms with Gasteiger partial charge in [0.2, 0.25) is 5.76 Å². The van der Waals surface area contributed by atoms with Crippen LogP contribution in [0.3, 0.4) is 0 Å². The van der Waals surface area contributed by atoms with Crippen LogP contribution in [0.4, 0.5) is 20.2 Å². The highest BCUT2D eigenvalue weighted by Gasteiger charge is 2.25. The number of nitrogens with one attached hydrogen (secondary N) is 1. The van der Waals surface area contributed by atoms with Gasteiger partial charge >= 0.3 is 0 Å². The highest BCUT2D eigenvalue weighted by molar-refractivity contribution is 6.03. The Labute approximate surface area is 171 Å². The quantitative estimate of drug-likeness (QED) is 0.660. The van der Waals surface area contributed by atoms with E-state index in [-0.39, 0.29) is 24.5 Å². The zero-order valence-electron chi connectivity index (χ0n) is 15.8. The lowest BCUT2D eigenvalue weighted by molar-refractivity contribution is -0.114. The van der Waals surface area contributed by atoms with E-state index in [1.54, 1.807) is 53.4 Å². The van der Waals surface area contributed by atoms with E-state index in [0.717, 1.165) is 6.07 Å². The van der Waals surface area contributed by atoms with Crippen LogP contribution in [-0.2, 0) is 17.9 Å². The standard InChI is InChI=1S/C23H18F2N2O3/c24-17-8-5-7-15(22(17)25)12-27-13-21(30-20-11-4-3-10-19(20)27)23(29)26-18-9-2-1-6-16(18)14-28/h1-11,13,28H,12,14H2,(H,26,29). The number of hydrogen-bond donors (Lipinski definition) is 2. The van der Waals surface area contributed by atoms with Gasteiger partial charge in [-0.25, -0.2) is 8.78 Å². The van der Waals surface area contributed by atoms with E-state index in [0.29, 0.717) is 22.7 Å². The summed E-state index contributed by atoms with van der Waals surface area (Å²) in [6.45, 7) is -0.224. The molecule has 1 aliphatic heterocycles. The van der Waals surface area contributed by atoms with Crippen LogP contribution < -0.4 is 15.0 Å². The third-order valence-electron chi connectivity index (χ3n) is 4.70. The minimum atomic E-state index is -0.934. The number of fused-ring (bicyclic) bond motifs is 1. The molecule has 2 N–H and O–H groups in total. The molecule has 1 heterocycles. The first-order valence-electron chi connectivity index (χ1n) is 9.25. The summed E-state index contributed by atoms with van der Waals surface area (Å²) in [5.41, 5.74) is 1.78. The van der Waals surface area contributed by atoms with Crippen LogP contribution in [0, 0.1) is 11.6 Å². The van der Waals surface area contributed by atoms with Crippen molar-refractivity contribution in [3.8, 4) is 5.75 Å². The summed E-state index contributed by atoms with van der Waals surface area (Å²) in [5.74, 6) is -2.00. The third kappa shape index (κ3) is 3.88. The van der Waals surface area contributed by atoms with Gasteiger partial charge in [0.15, 0.2) is 17.4 Å². The molecule has 0 atom stereocenters. The van der Waals surface area contributed by atoms with Gasteiger partial charge < -0.3 is 20.1 Å². The molecule has 0 spiro atoms. The Balaban J connectivity index is 1.65. The van der Waals surface area contributed by atoms with Crippen molar-refractivity contribution in [1.82, 2.24) is 0 Å². The normalized spacial score (nSPS) is 12.6. The fraction of sp³-hybridized carbons (Fsp3) is 0.0870. The number of rotatable bonds is 5. The van der Waals surface area contributed by atoms with E-state index >= 15 is 0 Å². The zero-order chi connectivity index (χ0) is 21.1. The van der Waals surface area contributed by atoms with Crippen LogP contribution >= 0.6 is 0 Å². The fourth-order valence-electron chi connectivity index (χ4n) is 3.19. The Hall–Kier alpha value is -3.71. The van der Waals surface area contributed by atoms with Gasteiger partial charge in [0.25, 0.3) is 5.91 Å². The predicted octanol–water partition coefficient (Wildman–Crippen LogP) is 4.34. The summed E-state index contributed by atoms with van der Waals surface area (Å²) in [7, 11) is 0. The largest absolute Gasteiger partial charge is 0.448 e. The Bertz CT molecular complexity index is 1130. The van der Waals surface area contributed by atoms with E-state index in [9.17, 15) is 18.7 Å². The maximum absolute atomic E-state index is 14.2. The van der Waals surface area contributed by atoms with Crippen LogP contribution in [-0.4, -0.2) is 11.0 Å². The van der Waals surface area contributed by atoms with Gasteiger partial charge in [-0.05, 0) is 24.3 Å². The molecule has 0 radical (unpaired) electrons. The molecule has 1 aliphatic rings. The topological polar surface area (TPSA) is 61.8 Å². The molecule has 4 rings (SSSR count). The molecule has 152 valence electrons. The maximum Gasteiger partial charge on any atom is 0.292 e. The van der Waals surface area contributed by atoms with Gasteiger partial charge in [-0.15, -0.1) is 0 Å². The first kappa shape index (κ1) is 19.6. The number of benzene rings is 3. The Morgan fingerprint density at radius 3 is 2.53 bits per heavy atom. The summed E-state index contributed by atoms with van der Waals surface area (Å²) < 4.78 is 33.6. The lowest BCUT2D eigenvalue weighted by Crippen LogP contribution is -2.28. The van der Waals surface area contributed by atoms with Crippen molar-refractivity contribution in [3.05, 3.63) is 101 Å². The summed E-state index contributed by atoms with van der Waals surface area (Å²) in [6.07, 6.45) is 1.45. The number of aliphatic hydroxyl groups is 1. The molecule has 1 amide bonds. The van der Waals surface area contributed by atoms with Gasteiger partial charge in [0.05, 0.1) is 25.0 Å². The first-order valence-corrected chi connectivity index (χ1v) is 9.25. The van der Waals surface area contributed by atoms with E-state index in [4.69, 9.17) is 4.74 Å². The molecule has 0 bridgehead atoms. The molecule has 5 nitrogen and oxygen atoms in total. The molecule has 0 unspecified atom stereocenters. The Morgan fingerprint density at radius 1 is 0.967 bits per heavy atom. The van der Waals surface area contributed by atoms with Crippen molar-refractivity contribution in [2.75, 3.05) is 10.2 Å². The third-order valence-corrected chi connectivity index (χ3v) is 4.70. The van der Waals surface area contributed by atoms with Crippen molar-refractivity contribution >= 4 is 17.3 Å². The second-order valence-electron chi connectivity index (χ2n) is 6.67. The lowest BCUT2D eigenvalue weighted by atomic mass is 10.1. The van der Waals surface area contributed by atoms with Gasteiger partial charge in [0.1, 0.15) is 0 Å². The molecule has 0 aliphatic carbocycles. The molecular formula is C23H18F2N2O3. The number of carbonyl (C=O) groups is 1. The number of anilines is 2.